The first kappa shape index (κ1) is 20.9. The fourth-order valence-corrected chi connectivity index (χ4v) is 3.81. The van der Waals surface area contributed by atoms with Crippen molar-refractivity contribution in [1.29, 1.82) is 0 Å². The van der Waals surface area contributed by atoms with Gasteiger partial charge in [0.15, 0.2) is 0 Å². The van der Waals surface area contributed by atoms with E-state index in [0.717, 1.165) is 27.2 Å². The lowest BCUT2D eigenvalue weighted by atomic mass is 10.2. The topological polar surface area (TPSA) is 78.7 Å². The SMILES string of the molecule is C=N/C=C\NC(C)=NCCNC(=O)c1ccccc1SCc1csc(C)n1. The first-order valence-corrected chi connectivity index (χ1v) is 10.3. The van der Waals surface area contributed by atoms with Crippen LogP contribution in [0.1, 0.15) is 28.0 Å². The van der Waals surface area contributed by atoms with Crippen molar-refractivity contribution in [1.82, 2.24) is 15.6 Å². The number of nitrogens with zero attached hydrogens (tertiary/aromatic N) is 3. The smallest absolute Gasteiger partial charge is 0.252 e. The lowest BCUT2D eigenvalue weighted by molar-refractivity contribution is 0.0952. The second-order valence-corrected chi connectivity index (χ2v) is 7.59. The molecule has 1 aromatic heterocycles. The summed E-state index contributed by atoms with van der Waals surface area (Å²) in [5.41, 5.74) is 1.71. The van der Waals surface area contributed by atoms with Gasteiger partial charge < -0.3 is 10.6 Å². The molecule has 1 aromatic carbocycles. The molecule has 0 spiro atoms. The van der Waals surface area contributed by atoms with Crippen LogP contribution in [-0.2, 0) is 5.75 Å². The van der Waals surface area contributed by atoms with Gasteiger partial charge in [-0.05, 0) is 32.7 Å². The van der Waals surface area contributed by atoms with Crippen molar-refractivity contribution >= 4 is 41.6 Å². The standard InChI is InChI=1S/C19H23N5OS2/c1-14(21-9-8-20-3)22-10-11-23-19(25)17-6-4-5-7-18(17)27-13-16-12-26-15(2)24-16/h4-9,12H,3,10-11,13H2,1-2H3,(H,21,22)(H,23,25)/b9-8-. The van der Waals surface area contributed by atoms with Gasteiger partial charge in [0.25, 0.3) is 5.91 Å². The summed E-state index contributed by atoms with van der Waals surface area (Å²) in [5, 5.41) is 8.99. The minimum atomic E-state index is -0.0934. The monoisotopic (exact) mass is 401 g/mol. The summed E-state index contributed by atoms with van der Waals surface area (Å²) in [6.45, 7) is 8.15. The Morgan fingerprint density at radius 1 is 1.41 bits per heavy atom. The number of hydrogen-bond donors (Lipinski definition) is 2. The molecule has 1 heterocycles. The summed E-state index contributed by atoms with van der Waals surface area (Å²) in [4.78, 5) is 25.8. The summed E-state index contributed by atoms with van der Waals surface area (Å²) in [6.07, 6.45) is 3.20. The van der Waals surface area contributed by atoms with Crippen molar-refractivity contribution in [2.45, 2.75) is 24.5 Å². The number of benzene rings is 1. The molecule has 0 radical (unpaired) electrons. The molecule has 0 unspecified atom stereocenters. The molecule has 0 saturated heterocycles. The number of thiazole rings is 1. The Hall–Kier alpha value is -2.45. The molecule has 8 heteroatoms. The highest BCUT2D eigenvalue weighted by atomic mass is 32.2. The van der Waals surface area contributed by atoms with E-state index in [-0.39, 0.29) is 5.91 Å². The Balaban J connectivity index is 1.86. The fourth-order valence-electron chi connectivity index (χ4n) is 2.15. The second kappa shape index (κ2) is 11.3. The maximum absolute atomic E-state index is 12.5. The van der Waals surface area contributed by atoms with Crippen LogP contribution in [0.4, 0.5) is 0 Å². The molecule has 27 heavy (non-hydrogen) atoms. The van der Waals surface area contributed by atoms with E-state index in [1.54, 1.807) is 35.5 Å². The quantitative estimate of drug-likeness (QED) is 0.291. The zero-order chi connectivity index (χ0) is 19.5. The van der Waals surface area contributed by atoms with Crippen LogP contribution in [0.2, 0.25) is 0 Å². The summed E-state index contributed by atoms with van der Waals surface area (Å²) in [5.74, 6) is 1.40. The molecule has 2 N–H and O–H groups in total. The van der Waals surface area contributed by atoms with E-state index in [9.17, 15) is 4.79 Å². The van der Waals surface area contributed by atoms with E-state index in [2.05, 4.69) is 37.7 Å². The number of nitrogens with one attached hydrogen (secondary N) is 2. The molecule has 0 atom stereocenters. The van der Waals surface area contributed by atoms with Crippen LogP contribution in [0.15, 0.2) is 56.9 Å². The number of hydrogen-bond acceptors (Lipinski definition) is 6. The Morgan fingerprint density at radius 2 is 2.22 bits per heavy atom. The minimum absolute atomic E-state index is 0.0934. The van der Waals surface area contributed by atoms with Crippen LogP contribution >= 0.6 is 23.1 Å². The van der Waals surface area contributed by atoms with Crippen LogP contribution in [0.5, 0.6) is 0 Å². The molecule has 0 fully saturated rings. The van der Waals surface area contributed by atoms with Crippen LogP contribution in [0.3, 0.4) is 0 Å². The highest BCUT2D eigenvalue weighted by Gasteiger charge is 2.11. The van der Waals surface area contributed by atoms with E-state index in [1.165, 1.54) is 0 Å². The van der Waals surface area contributed by atoms with Gasteiger partial charge >= 0.3 is 0 Å². The van der Waals surface area contributed by atoms with Crippen molar-refractivity contribution in [2.75, 3.05) is 13.1 Å². The van der Waals surface area contributed by atoms with Gasteiger partial charge in [-0.25, -0.2) is 4.98 Å². The van der Waals surface area contributed by atoms with Gasteiger partial charge in [-0.2, -0.15) is 0 Å². The van der Waals surface area contributed by atoms with Crippen molar-refractivity contribution in [3.05, 3.63) is 58.3 Å². The number of amidine groups is 1. The first-order chi connectivity index (χ1) is 13.1. The minimum Gasteiger partial charge on any atom is -0.350 e. The van der Waals surface area contributed by atoms with E-state index in [0.29, 0.717) is 18.7 Å². The predicted octanol–water partition coefficient (Wildman–Crippen LogP) is 3.65. The van der Waals surface area contributed by atoms with E-state index in [1.807, 2.05) is 38.1 Å². The van der Waals surface area contributed by atoms with Crippen LogP contribution < -0.4 is 10.6 Å². The molecule has 0 aliphatic heterocycles. The number of aliphatic imine (C=N–C) groups is 2. The molecule has 0 bridgehead atoms. The Kier molecular flexibility index (Phi) is 8.73. The highest BCUT2D eigenvalue weighted by Crippen LogP contribution is 2.26. The van der Waals surface area contributed by atoms with Gasteiger partial charge in [0.2, 0.25) is 0 Å². The number of amides is 1. The second-order valence-electron chi connectivity index (χ2n) is 5.51. The third-order valence-electron chi connectivity index (χ3n) is 3.39. The van der Waals surface area contributed by atoms with Crippen LogP contribution in [-0.4, -0.2) is 36.5 Å². The van der Waals surface area contributed by atoms with E-state index >= 15 is 0 Å². The summed E-state index contributed by atoms with van der Waals surface area (Å²) in [6, 6.07) is 7.62. The van der Waals surface area contributed by atoms with E-state index < -0.39 is 0 Å². The number of aryl methyl sites for hydroxylation is 1. The number of carbonyl (C=O) groups excluding carboxylic acids is 1. The predicted molar refractivity (Wildman–Crippen MR) is 115 cm³/mol. The molecule has 0 saturated carbocycles. The lowest BCUT2D eigenvalue weighted by Gasteiger charge is -2.09. The number of rotatable bonds is 9. The third kappa shape index (κ3) is 7.36. The van der Waals surface area contributed by atoms with Crippen LogP contribution in [0, 0.1) is 6.92 Å². The zero-order valence-corrected chi connectivity index (χ0v) is 17.1. The molecule has 2 aromatic rings. The Bertz CT molecular complexity index is 829. The molecule has 6 nitrogen and oxygen atoms in total. The van der Waals surface area contributed by atoms with Crippen molar-refractivity contribution in [3.63, 3.8) is 0 Å². The van der Waals surface area contributed by atoms with Gasteiger partial charge in [-0.3, -0.25) is 14.8 Å². The number of carbonyl (C=O) groups is 1. The first-order valence-electron chi connectivity index (χ1n) is 8.39. The largest absolute Gasteiger partial charge is 0.350 e. The molecule has 1 amide bonds. The third-order valence-corrected chi connectivity index (χ3v) is 5.32. The van der Waals surface area contributed by atoms with Gasteiger partial charge in [-0.1, -0.05) is 12.1 Å². The number of thioether (sulfide) groups is 1. The van der Waals surface area contributed by atoms with Gasteiger partial charge in [0, 0.05) is 35.0 Å². The maximum Gasteiger partial charge on any atom is 0.252 e. The molecular formula is C19H23N5OS2. The van der Waals surface area contributed by atoms with Crippen molar-refractivity contribution in [2.24, 2.45) is 9.98 Å². The lowest BCUT2D eigenvalue weighted by Crippen LogP contribution is -2.27. The molecule has 0 aliphatic carbocycles. The van der Waals surface area contributed by atoms with Gasteiger partial charge in [0.1, 0.15) is 0 Å². The van der Waals surface area contributed by atoms with Gasteiger partial charge in [0.05, 0.1) is 28.6 Å². The Morgan fingerprint density at radius 3 is 2.96 bits per heavy atom. The Labute approximate surface area is 167 Å². The molecule has 142 valence electrons. The summed E-state index contributed by atoms with van der Waals surface area (Å²) < 4.78 is 0. The summed E-state index contributed by atoms with van der Waals surface area (Å²) >= 11 is 3.26. The molecule has 2 rings (SSSR count). The molecule has 0 aliphatic rings. The molecular weight excluding hydrogens is 378 g/mol. The van der Waals surface area contributed by atoms with Gasteiger partial charge in [-0.15, -0.1) is 23.1 Å². The average molecular weight is 402 g/mol. The zero-order valence-electron chi connectivity index (χ0n) is 15.4. The van der Waals surface area contributed by atoms with Crippen molar-refractivity contribution in [3.8, 4) is 0 Å². The highest BCUT2D eigenvalue weighted by molar-refractivity contribution is 7.98. The fraction of sp³-hybridized carbons (Fsp3) is 0.263. The van der Waals surface area contributed by atoms with E-state index in [4.69, 9.17) is 0 Å². The van der Waals surface area contributed by atoms with Crippen molar-refractivity contribution < 1.29 is 4.79 Å². The number of aromatic nitrogens is 1. The average Bonchev–Trinajstić information content (AvgIpc) is 3.09. The summed E-state index contributed by atoms with van der Waals surface area (Å²) in [7, 11) is 0. The normalized spacial score (nSPS) is 11.6. The maximum atomic E-state index is 12.5. The van der Waals surface area contributed by atoms with Crippen LogP contribution in [0.25, 0.3) is 0 Å².